The van der Waals surface area contributed by atoms with E-state index in [9.17, 15) is 14.4 Å². The minimum Gasteiger partial charge on any atom is -0.444 e. The first-order valence-electron chi connectivity index (χ1n) is 13.7. The fourth-order valence-corrected chi connectivity index (χ4v) is 4.75. The van der Waals surface area contributed by atoms with E-state index in [1.54, 1.807) is 31.7 Å². The largest absolute Gasteiger partial charge is 0.444 e. The predicted octanol–water partition coefficient (Wildman–Crippen LogP) is 7.00. The molecule has 3 aromatic carbocycles. The first-order valence-corrected chi connectivity index (χ1v) is 14.4. The van der Waals surface area contributed by atoms with Crippen molar-refractivity contribution in [3.63, 3.8) is 0 Å². The zero-order valence-corrected chi connectivity index (χ0v) is 25.6. The van der Waals surface area contributed by atoms with Crippen molar-refractivity contribution in [1.29, 1.82) is 0 Å². The van der Waals surface area contributed by atoms with Gasteiger partial charge in [0.15, 0.2) is 0 Å². The summed E-state index contributed by atoms with van der Waals surface area (Å²) in [5.74, 6) is -0.813. The van der Waals surface area contributed by atoms with Gasteiger partial charge >= 0.3 is 6.09 Å². The van der Waals surface area contributed by atoms with E-state index in [1.165, 1.54) is 0 Å². The Labute approximate surface area is 248 Å². The number of nitrogens with one attached hydrogen (secondary N) is 2. The van der Waals surface area contributed by atoms with Crippen LogP contribution in [0.3, 0.4) is 0 Å². The van der Waals surface area contributed by atoms with E-state index in [2.05, 4.69) is 29.8 Å². The lowest BCUT2D eigenvalue weighted by Crippen LogP contribution is -2.59. The highest BCUT2D eigenvalue weighted by Gasteiger charge is 2.43. The number of nitrogens with zero attached hydrogens (tertiary/aromatic N) is 1. The third kappa shape index (κ3) is 8.13. The van der Waals surface area contributed by atoms with E-state index in [-0.39, 0.29) is 11.7 Å². The number of hydrogen-bond donors (Lipinski definition) is 3. The number of thiol groups is 1. The van der Waals surface area contributed by atoms with E-state index < -0.39 is 35.2 Å². The number of hydrogen-bond acceptors (Lipinski definition) is 5. The summed E-state index contributed by atoms with van der Waals surface area (Å²) in [7, 11) is 0. The third-order valence-corrected chi connectivity index (χ3v) is 7.28. The second kappa shape index (κ2) is 13.3. The first kappa shape index (κ1) is 31.7. The summed E-state index contributed by atoms with van der Waals surface area (Å²) in [6.45, 7) is 14.9. The number of alkyl carbamates (subject to hydrolysis) is 1. The average molecular weight is 576 g/mol. The van der Waals surface area contributed by atoms with Gasteiger partial charge < -0.3 is 20.3 Å². The van der Waals surface area contributed by atoms with Crippen molar-refractivity contribution in [3.05, 3.63) is 84.4 Å². The standard InChI is InChI=1S/C33H41N3O4S/c1-8-22-13-12-16-25(19-22)28(29(37)34-26-18-17-23-14-10-11-15-24(23)20-26)36(33(6,7)9-2)30(38)27(21-41)35-31(39)40-32(3,4)5/h8,10-20,27-28,41H,1,9,21H2,2-7H3,(H,34,37)(H,35,39). The van der Waals surface area contributed by atoms with Crippen molar-refractivity contribution in [2.45, 2.75) is 71.2 Å². The molecule has 0 aliphatic carbocycles. The Balaban J connectivity index is 2.09. The molecule has 218 valence electrons. The molecule has 41 heavy (non-hydrogen) atoms. The van der Waals surface area contributed by atoms with E-state index >= 15 is 0 Å². The van der Waals surface area contributed by atoms with Crippen LogP contribution < -0.4 is 10.6 Å². The molecule has 7 nitrogen and oxygen atoms in total. The number of carbonyl (C=O) groups is 3. The van der Waals surface area contributed by atoms with Crippen LogP contribution in [0.5, 0.6) is 0 Å². The van der Waals surface area contributed by atoms with Crippen LogP contribution in [0.15, 0.2) is 73.3 Å². The van der Waals surface area contributed by atoms with Crippen molar-refractivity contribution < 1.29 is 19.1 Å². The molecule has 0 saturated carbocycles. The summed E-state index contributed by atoms with van der Waals surface area (Å²) < 4.78 is 5.40. The number of benzene rings is 3. The first-order chi connectivity index (χ1) is 19.3. The Hall–Kier alpha value is -3.78. The fourth-order valence-electron chi connectivity index (χ4n) is 4.50. The Morgan fingerprint density at radius 3 is 2.27 bits per heavy atom. The Kier molecular flexibility index (Phi) is 10.3. The van der Waals surface area contributed by atoms with Crippen molar-refractivity contribution in [1.82, 2.24) is 10.2 Å². The smallest absolute Gasteiger partial charge is 0.408 e. The number of anilines is 1. The second-order valence-electron chi connectivity index (χ2n) is 11.6. The highest BCUT2D eigenvalue weighted by atomic mass is 32.1. The molecule has 0 heterocycles. The normalized spacial score (nSPS) is 13.1. The summed E-state index contributed by atoms with van der Waals surface area (Å²) in [5.41, 5.74) is 0.516. The summed E-state index contributed by atoms with van der Waals surface area (Å²) in [6, 6.07) is 18.9. The van der Waals surface area contributed by atoms with Gasteiger partial charge in [-0.1, -0.05) is 68.1 Å². The lowest BCUT2D eigenvalue weighted by molar-refractivity contribution is -0.147. The molecule has 3 aromatic rings. The molecular formula is C33H41N3O4S. The zero-order chi connectivity index (χ0) is 30.4. The monoisotopic (exact) mass is 575 g/mol. The lowest BCUT2D eigenvalue weighted by Gasteiger charge is -2.44. The molecule has 0 radical (unpaired) electrons. The fraction of sp³-hybridized carbons (Fsp3) is 0.364. The molecule has 0 aromatic heterocycles. The molecule has 0 saturated heterocycles. The molecule has 3 amide bonds. The van der Waals surface area contributed by atoms with Crippen LogP contribution in [0.1, 0.15) is 65.1 Å². The average Bonchev–Trinajstić information content (AvgIpc) is 2.93. The molecular weight excluding hydrogens is 534 g/mol. The van der Waals surface area contributed by atoms with Gasteiger partial charge in [0.2, 0.25) is 5.91 Å². The van der Waals surface area contributed by atoms with Crippen molar-refractivity contribution >= 4 is 53.1 Å². The summed E-state index contributed by atoms with van der Waals surface area (Å²) in [5, 5.41) is 7.73. The number of ether oxygens (including phenoxy) is 1. The van der Waals surface area contributed by atoms with E-state index in [4.69, 9.17) is 4.74 Å². The Morgan fingerprint density at radius 1 is 0.976 bits per heavy atom. The van der Waals surface area contributed by atoms with Gasteiger partial charge in [-0.05, 0) is 81.1 Å². The molecule has 0 aliphatic rings. The molecule has 8 heteroatoms. The van der Waals surface area contributed by atoms with Gasteiger partial charge in [0.05, 0.1) is 0 Å². The number of carbonyl (C=O) groups excluding carboxylic acids is 3. The summed E-state index contributed by atoms with van der Waals surface area (Å²) in [6.07, 6.45) is 1.51. The van der Waals surface area contributed by atoms with E-state index in [1.807, 2.05) is 87.5 Å². The van der Waals surface area contributed by atoms with Gasteiger partial charge in [0, 0.05) is 17.0 Å². The quantitative estimate of drug-likeness (QED) is 0.227. The van der Waals surface area contributed by atoms with Gasteiger partial charge in [0.1, 0.15) is 17.7 Å². The van der Waals surface area contributed by atoms with E-state index in [0.29, 0.717) is 17.7 Å². The van der Waals surface area contributed by atoms with Crippen LogP contribution in [0, 0.1) is 0 Å². The SMILES string of the molecule is C=Cc1cccc(C(C(=O)Nc2ccc3ccccc3c2)N(C(=O)C(CS)NC(=O)OC(C)(C)C)C(C)(C)CC)c1. The molecule has 3 rings (SSSR count). The highest BCUT2D eigenvalue weighted by molar-refractivity contribution is 7.80. The second-order valence-corrected chi connectivity index (χ2v) is 11.9. The van der Waals surface area contributed by atoms with Crippen LogP contribution >= 0.6 is 12.6 Å². The van der Waals surface area contributed by atoms with E-state index in [0.717, 1.165) is 16.3 Å². The predicted molar refractivity (Wildman–Crippen MR) is 170 cm³/mol. The summed E-state index contributed by atoms with van der Waals surface area (Å²) >= 11 is 4.38. The van der Waals surface area contributed by atoms with Crippen LogP contribution in [-0.4, -0.2) is 45.7 Å². The third-order valence-electron chi connectivity index (χ3n) is 6.91. The number of rotatable bonds is 10. The molecule has 2 unspecified atom stereocenters. The molecule has 0 bridgehead atoms. The van der Waals surface area contributed by atoms with Crippen molar-refractivity contribution in [2.75, 3.05) is 11.1 Å². The Bertz CT molecular complexity index is 1410. The van der Waals surface area contributed by atoms with Crippen LogP contribution in [0.2, 0.25) is 0 Å². The molecule has 0 spiro atoms. The van der Waals surface area contributed by atoms with Gasteiger partial charge in [-0.3, -0.25) is 9.59 Å². The van der Waals surface area contributed by atoms with Crippen LogP contribution in [0.4, 0.5) is 10.5 Å². The van der Waals surface area contributed by atoms with Crippen molar-refractivity contribution in [2.24, 2.45) is 0 Å². The maximum absolute atomic E-state index is 14.3. The van der Waals surface area contributed by atoms with Crippen molar-refractivity contribution in [3.8, 4) is 0 Å². The van der Waals surface area contributed by atoms with Gasteiger partial charge in [-0.15, -0.1) is 0 Å². The number of fused-ring (bicyclic) bond motifs is 1. The minimum absolute atomic E-state index is 0.0140. The lowest BCUT2D eigenvalue weighted by atomic mass is 9.91. The van der Waals surface area contributed by atoms with Gasteiger partial charge in [0.25, 0.3) is 5.91 Å². The Morgan fingerprint density at radius 2 is 1.66 bits per heavy atom. The topological polar surface area (TPSA) is 87.7 Å². The minimum atomic E-state index is -1.03. The number of amides is 3. The molecule has 2 atom stereocenters. The highest BCUT2D eigenvalue weighted by Crippen LogP contribution is 2.34. The molecule has 0 aliphatic heterocycles. The van der Waals surface area contributed by atoms with Gasteiger partial charge in [-0.25, -0.2) is 4.79 Å². The molecule has 2 N–H and O–H groups in total. The zero-order valence-electron chi connectivity index (χ0n) is 24.7. The maximum atomic E-state index is 14.3. The molecule has 0 fully saturated rings. The van der Waals surface area contributed by atoms with Crippen LogP contribution in [0.25, 0.3) is 16.8 Å². The van der Waals surface area contributed by atoms with Crippen LogP contribution in [-0.2, 0) is 14.3 Å². The summed E-state index contributed by atoms with van der Waals surface area (Å²) in [4.78, 5) is 42.7. The maximum Gasteiger partial charge on any atom is 0.408 e. The van der Waals surface area contributed by atoms with Gasteiger partial charge in [-0.2, -0.15) is 12.6 Å².